The minimum atomic E-state index is -0.946. The summed E-state index contributed by atoms with van der Waals surface area (Å²) in [6.45, 7) is 2.31. The number of benzene rings is 2. The summed E-state index contributed by atoms with van der Waals surface area (Å²) in [4.78, 5) is 42.5. The number of nitrogens with one attached hydrogen (secondary N) is 1. The zero-order chi connectivity index (χ0) is 26.2. The quantitative estimate of drug-likeness (QED) is 0.655. The van der Waals surface area contributed by atoms with E-state index in [1.165, 1.54) is 35.9 Å². The number of alkyl halides is 1. The van der Waals surface area contributed by atoms with Crippen molar-refractivity contribution in [2.75, 3.05) is 11.9 Å². The predicted octanol–water partition coefficient (Wildman–Crippen LogP) is 4.29. The number of anilines is 1. The zero-order valence-electron chi connectivity index (χ0n) is 20.1. The molecule has 3 amide bonds. The largest absolute Gasteiger partial charge is 0.334 e. The van der Waals surface area contributed by atoms with Crippen LogP contribution in [0.4, 0.5) is 14.9 Å². The van der Waals surface area contributed by atoms with E-state index in [2.05, 4.69) is 11.4 Å². The maximum Gasteiger partial charge on any atom is 0.329 e. The van der Waals surface area contributed by atoms with Gasteiger partial charge < -0.3 is 10.2 Å². The third kappa shape index (κ3) is 4.20. The first kappa shape index (κ1) is 24.6. The van der Waals surface area contributed by atoms with Crippen LogP contribution in [-0.2, 0) is 11.5 Å². The normalized spacial score (nSPS) is 18.4. The number of likely N-dealkylation sites (N-methyl/N-ethyl adjacent to an activating group) is 1. The Bertz CT molecular complexity index is 1400. The van der Waals surface area contributed by atoms with Gasteiger partial charge in [0.25, 0.3) is 5.91 Å². The molecule has 4 rings (SSSR count). The molecule has 0 radical (unpaired) electrons. The van der Waals surface area contributed by atoms with Crippen LogP contribution in [-0.4, -0.2) is 35.2 Å². The first-order valence-corrected chi connectivity index (χ1v) is 11.4. The van der Waals surface area contributed by atoms with E-state index in [1.54, 1.807) is 37.3 Å². The van der Waals surface area contributed by atoms with Crippen LogP contribution in [0, 0.1) is 22.7 Å². The number of nitrogens with zero attached hydrogens (tertiary/aromatic N) is 4. The molecule has 1 saturated carbocycles. The van der Waals surface area contributed by atoms with E-state index < -0.39 is 30.2 Å². The summed E-state index contributed by atoms with van der Waals surface area (Å²) in [5, 5.41) is 21.6. The number of amides is 3. The molecule has 1 heterocycles. The van der Waals surface area contributed by atoms with Crippen molar-refractivity contribution < 1.29 is 18.8 Å². The van der Waals surface area contributed by atoms with Gasteiger partial charge >= 0.3 is 6.03 Å². The third-order valence-electron chi connectivity index (χ3n) is 6.62. The molecule has 1 atom stereocenters. The number of carbonyl (C=O) groups is 3. The predicted molar refractivity (Wildman–Crippen MR) is 129 cm³/mol. The highest BCUT2D eigenvalue weighted by Gasteiger charge is 2.46. The lowest BCUT2D eigenvalue weighted by molar-refractivity contribution is -0.114. The van der Waals surface area contributed by atoms with Crippen molar-refractivity contribution in [1.82, 2.24) is 10.2 Å². The molecule has 2 aromatic carbocycles. The van der Waals surface area contributed by atoms with Gasteiger partial charge in [0.05, 0.1) is 29.4 Å². The van der Waals surface area contributed by atoms with Crippen molar-refractivity contribution in [2.24, 2.45) is 0 Å². The molecule has 0 bridgehead atoms. The fraction of sp³-hybridized carbons (Fsp3) is 0.296. The SMILES string of the molecule is CC(=O)C1=C(C)N(c2cccc(CF)c2)C(=O)N(C)C1c1ccc(C#N)cc1C(=O)NC1(C#N)CC1. The van der Waals surface area contributed by atoms with Crippen LogP contribution >= 0.6 is 0 Å². The van der Waals surface area contributed by atoms with Crippen LogP contribution < -0.4 is 10.2 Å². The first-order valence-electron chi connectivity index (χ1n) is 11.4. The Hall–Kier alpha value is -4.50. The molecule has 0 aromatic heterocycles. The molecule has 8 nitrogen and oxygen atoms in total. The van der Waals surface area contributed by atoms with Crippen LogP contribution in [0.2, 0.25) is 0 Å². The monoisotopic (exact) mass is 485 g/mol. The number of rotatable bonds is 6. The van der Waals surface area contributed by atoms with E-state index in [4.69, 9.17) is 0 Å². The Morgan fingerprint density at radius 2 is 1.92 bits per heavy atom. The molecule has 1 aliphatic carbocycles. The smallest absolute Gasteiger partial charge is 0.329 e. The molecule has 9 heteroatoms. The number of nitriles is 2. The van der Waals surface area contributed by atoms with Gasteiger partial charge in [-0.25, -0.2) is 9.18 Å². The minimum Gasteiger partial charge on any atom is -0.334 e. The molecule has 36 heavy (non-hydrogen) atoms. The van der Waals surface area contributed by atoms with Crippen molar-refractivity contribution in [2.45, 2.75) is 44.9 Å². The molecule has 1 aliphatic heterocycles. The van der Waals surface area contributed by atoms with Gasteiger partial charge in [-0.2, -0.15) is 10.5 Å². The van der Waals surface area contributed by atoms with E-state index in [0.717, 1.165) is 0 Å². The number of urea groups is 1. The molecular formula is C27H24FN5O3. The second-order valence-corrected chi connectivity index (χ2v) is 9.05. The molecule has 1 N–H and O–H groups in total. The van der Waals surface area contributed by atoms with Crippen LogP contribution in [0.3, 0.4) is 0 Å². The topological polar surface area (TPSA) is 117 Å². The van der Waals surface area contributed by atoms with Crippen LogP contribution in [0.15, 0.2) is 53.7 Å². The van der Waals surface area contributed by atoms with Crippen molar-refractivity contribution in [3.63, 3.8) is 0 Å². The number of hydrogen-bond acceptors (Lipinski definition) is 5. The second kappa shape index (κ2) is 9.27. The number of carbonyl (C=O) groups excluding carboxylic acids is 3. The third-order valence-corrected chi connectivity index (χ3v) is 6.62. The highest BCUT2D eigenvalue weighted by Crippen LogP contribution is 2.41. The van der Waals surface area contributed by atoms with E-state index in [-0.39, 0.29) is 22.5 Å². The summed E-state index contributed by atoms with van der Waals surface area (Å²) in [6.07, 6.45) is 1.05. The van der Waals surface area contributed by atoms with Crippen molar-refractivity contribution in [3.8, 4) is 12.1 Å². The van der Waals surface area contributed by atoms with Crippen LogP contribution in [0.1, 0.15) is 59.8 Å². The Kier molecular flexibility index (Phi) is 6.34. The van der Waals surface area contributed by atoms with Gasteiger partial charge in [-0.05, 0) is 62.1 Å². The zero-order valence-corrected chi connectivity index (χ0v) is 20.1. The van der Waals surface area contributed by atoms with E-state index in [9.17, 15) is 29.3 Å². The van der Waals surface area contributed by atoms with Gasteiger partial charge in [0.15, 0.2) is 5.78 Å². The number of halogens is 1. The van der Waals surface area contributed by atoms with E-state index in [1.807, 2.05) is 6.07 Å². The highest BCUT2D eigenvalue weighted by atomic mass is 19.1. The molecule has 1 unspecified atom stereocenters. The summed E-state index contributed by atoms with van der Waals surface area (Å²) in [5.74, 6) is -0.865. The Balaban J connectivity index is 1.88. The van der Waals surface area contributed by atoms with Gasteiger partial charge in [-0.15, -0.1) is 0 Å². The summed E-state index contributed by atoms with van der Waals surface area (Å²) in [6, 6.07) is 13.6. The van der Waals surface area contributed by atoms with Gasteiger partial charge in [0.1, 0.15) is 12.2 Å². The number of allylic oxidation sites excluding steroid dienone is 1. The van der Waals surface area contributed by atoms with Crippen molar-refractivity contribution in [1.29, 1.82) is 10.5 Å². The van der Waals surface area contributed by atoms with E-state index in [0.29, 0.717) is 35.4 Å². The van der Waals surface area contributed by atoms with Gasteiger partial charge in [-0.3, -0.25) is 14.5 Å². The standard InChI is InChI=1S/C27H24FN5O3/c1-16-23(17(2)34)24(32(3)26(36)33(16)20-6-4-5-18(11-20)13-28)21-8-7-19(14-29)12-22(21)25(35)31-27(15-30)9-10-27/h4-8,11-12,24H,9-10,13H2,1-3H3,(H,31,35). The summed E-state index contributed by atoms with van der Waals surface area (Å²) < 4.78 is 13.3. The van der Waals surface area contributed by atoms with Gasteiger partial charge in [0.2, 0.25) is 0 Å². The molecule has 2 aromatic rings. The second-order valence-electron chi connectivity index (χ2n) is 9.05. The fourth-order valence-electron chi connectivity index (χ4n) is 4.55. The van der Waals surface area contributed by atoms with Crippen LogP contribution in [0.25, 0.3) is 0 Å². The molecule has 0 spiro atoms. The fourth-order valence-corrected chi connectivity index (χ4v) is 4.55. The molecule has 1 fully saturated rings. The number of Topliss-reactive ketones (excluding diaryl/α,β-unsaturated/α-hetero) is 1. The minimum absolute atomic E-state index is 0.111. The summed E-state index contributed by atoms with van der Waals surface area (Å²) >= 11 is 0. The molecular weight excluding hydrogens is 461 g/mol. The van der Waals surface area contributed by atoms with E-state index >= 15 is 0 Å². The van der Waals surface area contributed by atoms with Crippen molar-refractivity contribution >= 4 is 23.4 Å². The Labute approximate surface area is 208 Å². The molecule has 182 valence electrons. The molecule has 2 aliphatic rings. The number of ketones is 1. The summed E-state index contributed by atoms with van der Waals surface area (Å²) in [7, 11) is 1.52. The number of hydrogen-bond donors (Lipinski definition) is 1. The van der Waals surface area contributed by atoms with Crippen LogP contribution in [0.5, 0.6) is 0 Å². The summed E-state index contributed by atoms with van der Waals surface area (Å²) in [5.41, 5.74) is 1.20. The van der Waals surface area contributed by atoms with Gasteiger partial charge in [0, 0.05) is 23.9 Å². The first-order chi connectivity index (χ1) is 17.2. The highest BCUT2D eigenvalue weighted by molar-refractivity contribution is 6.06. The maximum absolute atomic E-state index is 13.6. The lowest BCUT2D eigenvalue weighted by atomic mass is 9.87. The Morgan fingerprint density at radius 3 is 2.50 bits per heavy atom. The average Bonchev–Trinajstić information content (AvgIpc) is 3.65. The molecule has 0 saturated heterocycles. The average molecular weight is 486 g/mol. The maximum atomic E-state index is 13.6. The Morgan fingerprint density at radius 1 is 1.19 bits per heavy atom. The lowest BCUT2D eigenvalue weighted by Gasteiger charge is -2.41. The van der Waals surface area contributed by atoms with Crippen molar-refractivity contribution in [3.05, 3.63) is 76.0 Å². The lowest BCUT2D eigenvalue weighted by Crippen LogP contribution is -2.49. The van der Waals surface area contributed by atoms with Gasteiger partial charge in [-0.1, -0.05) is 18.2 Å².